The molecule has 0 unspecified atom stereocenters. The number of aliphatic carboxylic acids is 2. The number of benzene rings is 2. The van der Waals surface area contributed by atoms with E-state index in [9.17, 15) is 19.8 Å². The second kappa shape index (κ2) is 9.38. The van der Waals surface area contributed by atoms with E-state index in [0.29, 0.717) is 24.2 Å². The minimum absolute atomic E-state index is 0.0847. The molecule has 1 fully saturated rings. The van der Waals surface area contributed by atoms with Gasteiger partial charge in [0.05, 0.1) is 0 Å². The molecule has 0 saturated heterocycles. The first-order valence-corrected chi connectivity index (χ1v) is 11.4. The first-order chi connectivity index (χ1) is 16.2. The molecule has 4 rings (SSSR count). The fourth-order valence-corrected chi connectivity index (χ4v) is 4.39. The molecule has 0 amide bonds. The van der Waals surface area contributed by atoms with E-state index in [-0.39, 0.29) is 18.9 Å². The highest BCUT2D eigenvalue weighted by Crippen LogP contribution is 2.44. The Kier molecular flexibility index (Phi) is 6.52. The molecule has 34 heavy (non-hydrogen) atoms. The van der Waals surface area contributed by atoms with Crippen molar-refractivity contribution < 1.29 is 24.3 Å². The van der Waals surface area contributed by atoms with Crippen molar-refractivity contribution in [3.63, 3.8) is 0 Å². The quantitative estimate of drug-likeness (QED) is 0.450. The van der Waals surface area contributed by atoms with Crippen LogP contribution in [0.5, 0.6) is 0 Å². The summed E-state index contributed by atoms with van der Waals surface area (Å²) in [5.41, 5.74) is 2.35. The molecule has 1 aromatic heterocycles. The second-order valence-corrected chi connectivity index (χ2v) is 9.58. The van der Waals surface area contributed by atoms with Crippen molar-refractivity contribution in [3.8, 4) is 22.8 Å². The molecule has 0 bridgehead atoms. The number of carbonyl (C=O) groups is 2. The normalized spacial score (nSPS) is 15.4. The van der Waals surface area contributed by atoms with Crippen molar-refractivity contribution in [3.05, 3.63) is 59.7 Å². The molecule has 3 aromatic rings. The third-order valence-corrected chi connectivity index (χ3v) is 6.53. The van der Waals surface area contributed by atoms with Gasteiger partial charge in [-0.05, 0) is 55.5 Å². The monoisotopic (exact) mass is 463 g/mol. The molecule has 1 aliphatic rings. The highest BCUT2D eigenvalue weighted by molar-refractivity contribution is 5.99. The third kappa shape index (κ3) is 4.72. The summed E-state index contributed by atoms with van der Waals surface area (Å²) in [6, 6.07) is 15.8. The molecule has 0 radical (unpaired) electrons. The molecule has 2 aromatic carbocycles. The lowest BCUT2D eigenvalue weighted by Gasteiger charge is -2.45. The Balaban J connectivity index is 1.38. The predicted octanol–water partition coefficient (Wildman–Crippen LogP) is 4.35. The number of carboxylic acids is 2. The third-order valence-electron chi connectivity index (χ3n) is 6.53. The summed E-state index contributed by atoms with van der Waals surface area (Å²) in [4.78, 5) is 29.3. The Morgan fingerprint density at radius 3 is 2.12 bits per heavy atom. The van der Waals surface area contributed by atoms with Gasteiger partial charge in [0, 0.05) is 23.7 Å². The molecule has 178 valence electrons. The maximum absolute atomic E-state index is 11.4. The molecule has 8 heteroatoms. The average Bonchev–Trinajstić information content (AvgIpc) is 3.23. The van der Waals surface area contributed by atoms with E-state index >= 15 is 0 Å². The minimum Gasteiger partial charge on any atom is -0.480 e. The van der Waals surface area contributed by atoms with Gasteiger partial charge in [-0.25, -0.2) is 0 Å². The van der Waals surface area contributed by atoms with Gasteiger partial charge in [0.25, 0.3) is 5.89 Å². The highest BCUT2D eigenvalue weighted by Gasteiger charge is 2.57. The molecule has 1 aliphatic carbocycles. The van der Waals surface area contributed by atoms with Crippen molar-refractivity contribution in [1.82, 2.24) is 15.0 Å². The van der Waals surface area contributed by atoms with E-state index in [2.05, 4.69) is 36.1 Å². The van der Waals surface area contributed by atoms with Crippen LogP contribution in [-0.4, -0.2) is 50.3 Å². The summed E-state index contributed by atoms with van der Waals surface area (Å²) < 4.78 is 5.47. The Morgan fingerprint density at radius 1 is 1.00 bits per heavy atom. The molecule has 2 N–H and O–H groups in total. The van der Waals surface area contributed by atoms with Crippen molar-refractivity contribution in [2.24, 2.45) is 11.3 Å². The Morgan fingerprint density at radius 2 is 1.56 bits per heavy atom. The van der Waals surface area contributed by atoms with Crippen molar-refractivity contribution >= 4 is 11.9 Å². The molecule has 1 heterocycles. The van der Waals surface area contributed by atoms with Crippen LogP contribution in [0.3, 0.4) is 0 Å². The smallest absolute Gasteiger partial charge is 0.321 e. The fourth-order valence-electron chi connectivity index (χ4n) is 4.39. The molecule has 1 saturated carbocycles. The van der Waals surface area contributed by atoms with Gasteiger partial charge < -0.3 is 14.7 Å². The van der Waals surface area contributed by atoms with E-state index in [1.807, 2.05) is 48.3 Å². The first-order valence-electron chi connectivity index (χ1n) is 11.4. The van der Waals surface area contributed by atoms with Crippen molar-refractivity contribution in [1.29, 1.82) is 0 Å². The molecule has 0 spiro atoms. The van der Waals surface area contributed by atoms with Gasteiger partial charge in [0.1, 0.15) is 0 Å². The zero-order chi connectivity index (χ0) is 24.5. The summed E-state index contributed by atoms with van der Waals surface area (Å²) in [5, 5.41) is 22.7. The maximum Gasteiger partial charge on any atom is 0.321 e. The van der Waals surface area contributed by atoms with Gasteiger partial charge >= 0.3 is 11.9 Å². The van der Waals surface area contributed by atoms with Crippen LogP contribution in [0.4, 0.5) is 0 Å². The van der Waals surface area contributed by atoms with Gasteiger partial charge in [-0.3, -0.25) is 14.5 Å². The predicted molar refractivity (Wildman–Crippen MR) is 126 cm³/mol. The Labute approximate surface area is 198 Å². The molecule has 8 nitrogen and oxygen atoms in total. The van der Waals surface area contributed by atoms with Crippen LogP contribution in [0.2, 0.25) is 0 Å². The van der Waals surface area contributed by atoms with Crippen molar-refractivity contribution in [2.75, 3.05) is 7.05 Å². The fraction of sp³-hybridized carbons (Fsp3) is 0.385. The molecule has 0 atom stereocenters. The summed E-state index contributed by atoms with van der Waals surface area (Å²) in [5.74, 6) is -0.951. The number of rotatable bonds is 9. The molecule has 0 aliphatic heterocycles. The van der Waals surface area contributed by atoms with Crippen LogP contribution in [0.15, 0.2) is 53.1 Å². The van der Waals surface area contributed by atoms with Crippen LogP contribution < -0.4 is 0 Å². The lowest BCUT2D eigenvalue weighted by molar-refractivity contribution is -0.176. The first kappa shape index (κ1) is 23.6. The summed E-state index contributed by atoms with van der Waals surface area (Å²) >= 11 is 0. The van der Waals surface area contributed by atoms with Gasteiger partial charge in [0.2, 0.25) is 5.82 Å². The van der Waals surface area contributed by atoms with Crippen molar-refractivity contribution in [2.45, 2.75) is 45.7 Å². The lowest BCUT2D eigenvalue weighted by atomic mass is 9.65. The zero-order valence-corrected chi connectivity index (χ0v) is 19.6. The van der Waals surface area contributed by atoms with E-state index in [1.165, 1.54) is 5.56 Å². The summed E-state index contributed by atoms with van der Waals surface area (Å²) in [6.07, 6.45) is 1.24. The Hall–Kier alpha value is -3.52. The molecular formula is C26H29N3O5. The number of hydrogen-bond acceptors (Lipinski definition) is 6. The maximum atomic E-state index is 11.4. The number of aromatic nitrogens is 2. The standard InChI is InChI=1S/C26H29N3O5/c1-16(2)12-17-4-10-20(11-5-17)23-27-22(28-34-23)19-8-6-18(7-9-19)15-29(3)21-13-26(14-21,24(30)31)25(32)33/h4-11,16,21H,12-15H2,1-3H3,(H,30,31)(H,32,33). The van der Waals surface area contributed by atoms with E-state index in [0.717, 1.165) is 23.1 Å². The lowest BCUT2D eigenvalue weighted by Crippen LogP contribution is -2.57. The summed E-state index contributed by atoms with van der Waals surface area (Å²) in [7, 11) is 1.88. The van der Waals surface area contributed by atoms with Gasteiger partial charge in [0.15, 0.2) is 5.41 Å². The van der Waals surface area contributed by atoms with Gasteiger partial charge in [-0.1, -0.05) is 55.4 Å². The SMILES string of the molecule is CC(C)Cc1ccc(-c2nc(-c3ccc(CN(C)C4CC(C(=O)O)(C(=O)O)C4)cc3)no2)cc1. The number of carboxylic acid groups (broad SMARTS) is 2. The average molecular weight is 464 g/mol. The van der Waals surface area contributed by atoms with Gasteiger partial charge in [-0.15, -0.1) is 0 Å². The highest BCUT2D eigenvalue weighted by atomic mass is 16.5. The number of hydrogen-bond donors (Lipinski definition) is 2. The van der Waals surface area contributed by atoms with Crippen LogP contribution in [-0.2, 0) is 22.6 Å². The largest absolute Gasteiger partial charge is 0.480 e. The second-order valence-electron chi connectivity index (χ2n) is 9.58. The van der Waals surface area contributed by atoms with E-state index in [4.69, 9.17) is 4.52 Å². The van der Waals surface area contributed by atoms with Crippen LogP contribution in [0, 0.1) is 11.3 Å². The number of nitrogens with zero attached hydrogens (tertiary/aromatic N) is 3. The topological polar surface area (TPSA) is 117 Å². The zero-order valence-electron chi connectivity index (χ0n) is 19.6. The van der Waals surface area contributed by atoms with E-state index in [1.54, 1.807) is 0 Å². The molecular weight excluding hydrogens is 434 g/mol. The van der Waals surface area contributed by atoms with E-state index < -0.39 is 17.4 Å². The van der Waals surface area contributed by atoms with Crippen LogP contribution in [0.1, 0.15) is 37.8 Å². The summed E-state index contributed by atoms with van der Waals surface area (Å²) in [6.45, 7) is 4.97. The van der Waals surface area contributed by atoms with Crippen LogP contribution >= 0.6 is 0 Å². The Bertz CT molecular complexity index is 1150. The van der Waals surface area contributed by atoms with Gasteiger partial charge in [-0.2, -0.15) is 4.98 Å². The van der Waals surface area contributed by atoms with Crippen LogP contribution in [0.25, 0.3) is 22.8 Å². The minimum atomic E-state index is -1.66.